The first-order valence-electron chi connectivity index (χ1n) is 11.1. The lowest BCUT2D eigenvalue weighted by atomic mass is 10.0. The van der Waals surface area contributed by atoms with E-state index >= 15 is 0 Å². The molecule has 1 saturated heterocycles. The van der Waals surface area contributed by atoms with Crippen molar-refractivity contribution in [2.45, 2.75) is 45.4 Å². The van der Waals surface area contributed by atoms with E-state index in [0.717, 1.165) is 62.2 Å². The number of likely N-dealkylation sites (tertiary alicyclic amines) is 1. The molecule has 1 fully saturated rings. The van der Waals surface area contributed by atoms with E-state index in [1.807, 2.05) is 43.5 Å². The number of ether oxygens (including phenoxy) is 2. The Kier molecular flexibility index (Phi) is 8.97. The topological polar surface area (TPSA) is 71.0 Å². The summed E-state index contributed by atoms with van der Waals surface area (Å²) >= 11 is 0. The fraction of sp³-hybridized carbons (Fsp3) is 0.500. The molecule has 7 heteroatoms. The van der Waals surface area contributed by atoms with Crippen molar-refractivity contribution in [3.63, 3.8) is 0 Å². The Bertz CT molecular complexity index is 789. The first-order chi connectivity index (χ1) is 15.2. The molecule has 0 saturated carbocycles. The molecule has 1 aromatic carbocycles. The van der Waals surface area contributed by atoms with E-state index in [2.05, 4.69) is 39.6 Å². The van der Waals surface area contributed by atoms with Gasteiger partial charge in [-0.1, -0.05) is 6.07 Å². The first-order valence-corrected chi connectivity index (χ1v) is 11.1. The Morgan fingerprint density at radius 1 is 1.16 bits per heavy atom. The van der Waals surface area contributed by atoms with Crippen LogP contribution < -0.4 is 20.1 Å². The van der Waals surface area contributed by atoms with Crippen molar-refractivity contribution in [1.29, 1.82) is 0 Å². The minimum absolute atomic E-state index is 0.0240. The van der Waals surface area contributed by atoms with Gasteiger partial charge in [0.25, 0.3) is 0 Å². The van der Waals surface area contributed by atoms with E-state index < -0.39 is 0 Å². The minimum Gasteiger partial charge on any atom is -0.497 e. The molecule has 2 heterocycles. The van der Waals surface area contributed by atoms with Crippen molar-refractivity contribution < 1.29 is 9.47 Å². The number of benzene rings is 1. The molecule has 0 amide bonds. The second-order valence-electron chi connectivity index (χ2n) is 7.84. The Balaban J connectivity index is 1.44. The number of piperidine rings is 1. The molecule has 0 spiro atoms. The van der Waals surface area contributed by atoms with E-state index in [1.165, 1.54) is 0 Å². The van der Waals surface area contributed by atoms with Crippen molar-refractivity contribution in [2.24, 2.45) is 4.99 Å². The molecule has 1 aromatic heterocycles. The largest absolute Gasteiger partial charge is 0.497 e. The summed E-state index contributed by atoms with van der Waals surface area (Å²) in [6.07, 6.45) is 4.02. The monoisotopic (exact) mass is 425 g/mol. The maximum atomic E-state index is 5.97. The summed E-state index contributed by atoms with van der Waals surface area (Å²) in [5, 5.41) is 6.96. The molecule has 0 aliphatic carbocycles. The van der Waals surface area contributed by atoms with E-state index in [9.17, 15) is 0 Å². The van der Waals surface area contributed by atoms with Gasteiger partial charge in [-0.25, -0.2) is 4.99 Å². The normalized spacial score (nSPS) is 16.5. The molecule has 168 valence electrons. The lowest BCUT2D eigenvalue weighted by molar-refractivity contribution is 0.196. The number of rotatable bonds is 9. The number of guanidine groups is 1. The van der Waals surface area contributed by atoms with Crippen LogP contribution in [0.2, 0.25) is 0 Å². The summed E-state index contributed by atoms with van der Waals surface area (Å²) in [6.45, 7) is 8.58. The van der Waals surface area contributed by atoms with Crippen LogP contribution in [0.25, 0.3) is 0 Å². The van der Waals surface area contributed by atoms with E-state index in [-0.39, 0.29) is 6.10 Å². The quantitative estimate of drug-likeness (QED) is 0.475. The highest BCUT2D eigenvalue weighted by atomic mass is 16.5. The molecule has 3 rings (SSSR count). The van der Waals surface area contributed by atoms with Crippen LogP contribution in [-0.4, -0.2) is 61.3 Å². The predicted octanol–water partition coefficient (Wildman–Crippen LogP) is 3.08. The number of aliphatic imine (C=N–C) groups is 1. The Hall–Kier alpha value is -2.80. The van der Waals surface area contributed by atoms with Gasteiger partial charge in [-0.05, 0) is 63.1 Å². The zero-order valence-electron chi connectivity index (χ0n) is 18.9. The van der Waals surface area contributed by atoms with Crippen LogP contribution in [0.15, 0.2) is 53.7 Å². The van der Waals surface area contributed by atoms with Crippen LogP contribution in [0.4, 0.5) is 0 Å². The van der Waals surface area contributed by atoms with Gasteiger partial charge in [0.05, 0.1) is 19.3 Å². The van der Waals surface area contributed by atoms with Gasteiger partial charge in [-0.3, -0.25) is 9.88 Å². The Morgan fingerprint density at radius 3 is 2.55 bits per heavy atom. The van der Waals surface area contributed by atoms with Gasteiger partial charge < -0.3 is 20.1 Å². The van der Waals surface area contributed by atoms with Gasteiger partial charge in [0, 0.05) is 38.4 Å². The molecular weight excluding hydrogens is 390 g/mol. The van der Waals surface area contributed by atoms with E-state index in [0.29, 0.717) is 12.6 Å². The van der Waals surface area contributed by atoms with Crippen molar-refractivity contribution in [3.8, 4) is 11.5 Å². The predicted molar refractivity (Wildman–Crippen MR) is 125 cm³/mol. The standard InChI is InChI=1S/C24H35N5O2/c1-4-25-24(27-17-19(2)31-23-10-8-22(30-3)9-11-23)28-20-12-15-29(16-13-20)18-21-7-5-6-14-26-21/h5-11,14,19-20H,4,12-13,15-18H2,1-3H3,(H2,25,27,28). The number of aromatic nitrogens is 1. The summed E-state index contributed by atoms with van der Waals surface area (Å²) in [6, 6.07) is 14.2. The zero-order valence-corrected chi connectivity index (χ0v) is 18.9. The number of nitrogens with zero attached hydrogens (tertiary/aromatic N) is 3. The summed E-state index contributed by atoms with van der Waals surface area (Å²) in [5.74, 6) is 2.50. The molecule has 2 N–H and O–H groups in total. The van der Waals surface area contributed by atoms with Crippen LogP contribution in [-0.2, 0) is 6.54 Å². The fourth-order valence-electron chi connectivity index (χ4n) is 3.61. The second kappa shape index (κ2) is 12.2. The van der Waals surface area contributed by atoms with E-state index in [4.69, 9.17) is 14.5 Å². The molecule has 7 nitrogen and oxygen atoms in total. The molecule has 2 aromatic rings. The molecular formula is C24H35N5O2. The van der Waals surface area contributed by atoms with Gasteiger partial charge >= 0.3 is 0 Å². The molecule has 1 aliphatic rings. The first kappa shape index (κ1) is 22.9. The van der Waals surface area contributed by atoms with Crippen molar-refractivity contribution in [2.75, 3.05) is 33.3 Å². The number of hydrogen-bond acceptors (Lipinski definition) is 5. The maximum absolute atomic E-state index is 5.97. The third-order valence-corrected chi connectivity index (χ3v) is 5.29. The zero-order chi connectivity index (χ0) is 21.9. The fourth-order valence-corrected chi connectivity index (χ4v) is 3.61. The molecule has 1 aliphatic heterocycles. The third kappa shape index (κ3) is 7.75. The van der Waals surface area contributed by atoms with Gasteiger partial charge in [0.15, 0.2) is 5.96 Å². The third-order valence-electron chi connectivity index (χ3n) is 5.29. The lowest BCUT2D eigenvalue weighted by Gasteiger charge is -2.33. The summed E-state index contributed by atoms with van der Waals surface area (Å²) < 4.78 is 11.2. The second-order valence-corrected chi connectivity index (χ2v) is 7.84. The SMILES string of the molecule is CCNC(=NCC(C)Oc1ccc(OC)cc1)NC1CCN(Cc2ccccn2)CC1. The number of pyridine rings is 1. The smallest absolute Gasteiger partial charge is 0.191 e. The van der Waals surface area contributed by atoms with Crippen molar-refractivity contribution >= 4 is 5.96 Å². The summed E-state index contributed by atoms with van der Waals surface area (Å²) in [5.41, 5.74) is 1.13. The Morgan fingerprint density at radius 2 is 1.90 bits per heavy atom. The molecule has 0 radical (unpaired) electrons. The highest BCUT2D eigenvalue weighted by Gasteiger charge is 2.20. The molecule has 0 bridgehead atoms. The average Bonchev–Trinajstić information content (AvgIpc) is 2.80. The minimum atomic E-state index is -0.0240. The lowest BCUT2D eigenvalue weighted by Crippen LogP contribution is -2.48. The maximum Gasteiger partial charge on any atom is 0.191 e. The van der Waals surface area contributed by atoms with Crippen LogP contribution in [0.1, 0.15) is 32.4 Å². The van der Waals surface area contributed by atoms with Gasteiger partial charge in [0.2, 0.25) is 0 Å². The number of methoxy groups -OCH3 is 1. The molecule has 31 heavy (non-hydrogen) atoms. The van der Waals surface area contributed by atoms with Gasteiger partial charge in [0.1, 0.15) is 17.6 Å². The molecule has 1 atom stereocenters. The van der Waals surface area contributed by atoms with Crippen molar-refractivity contribution in [1.82, 2.24) is 20.5 Å². The molecule has 1 unspecified atom stereocenters. The highest BCUT2D eigenvalue weighted by molar-refractivity contribution is 5.80. The summed E-state index contributed by atoms with van der Waals surface area (Å²) in [7, 11) is 1.66. The highest BCUT2D eigenvalue weighted by Crippen LogP contribution is 2.18. The Labute approximate surface area is 185 Å². The number of hydrogen-bond donors (Lipinski definition) is 2. The van der Waals surface area contributed by atoms with Gasteiger partial charge in [-0.15, -0.1) is 0 Å². The van der Waals surface area contributed by atoms with Crippen LogP contribution in [0, 0.1) is 0 Å². The van der Waals surface area contributed by atoms with Crippen LogP contribution in [0.5, 0.6) is 11.5 Å². The summed E-state index contributed by atoms with van der Waals surface area (Å²) in [4.78, 5) is 11.7. The average molecular weight is 426 g/mol. The van der Waals surface area contributed by atoms with Crippen LogP contribution in [0.3, 0.4) is 0 Å². The van der Waals surface area contributed by atoms with Crippen LogP contribution >= 0.6 is 0 Å². The van der Waals surface area contributed by atoms with Gasteiger partial charge in [-0.2, -0.15) is 0 Å². The van der Waals surface area contributed by atoms with E-state index in [1.54, 1.807) is 7.11 Å². The van der Waals surface area contributed by atoms with Crippen molar-refractivity contribution in [3.05, 3.63) is 54.4 Å². The number of nitrogens with one attached hydrogen (secondary N) is 2.